The van der Waals surface area contributed by atoms with Crippen molar-refractivity contribution in [2.75, 3.05) is 30.7 Å². The van der Waals surface area contributed by atoms with Gasteiger partial charge in [-0.2, -0.15) is 20.3 Å². The summed E-state index contributed by atoms with van der Waals surface area (Å²) in [4.78, 5) is 20.3. The summed E-state index contributed by atoms with van der Waals surface area (Å²) >= 11 is 0.910. The molecule has 0 amide bonds. The van der Waals surface area contributed by atoms with Crippen LogP contribution < -0.4 is 15.8 Å². The zero-order chi connectivity index (χ0) is 32.7. The third-order valence-electron chi connectivity index (χ3n) is 9.97. The van der Waals surface area contributed by atoms with Crippen molar-refractivity contribution in [3.05, 3.63) is 46.2 Å². The van der Waals surface area contributed by atoms with Crippen LogP contribution in [0.4, 0.5) is 24.0 Å². The highest BCUT2D eigenvalue weighted by Gasteiger charge is 2.49. The van der Waals surface area contributed by atoms with Crippen molar-refractivity contribution in [2.24, 2.45) is 0 Å². The first-order valence-corrected chi connectivity index (χ1v) is 16.7. The fourth-order valence-electron chi connectivity index (χ4n) is 7.57. The fraction of sp³-hybridized carbons (Fsp3) is 0.438. The Kier molecular flexibility index (Phi) is 6.75. The van der Waals surface area contributed by atoms with E-state index in [1.165, 1.54) is 0 Å². The Morgan fingerprint density at radius 3 is 2.90 bits per heavy atom. The molecule has 4 aromatic heterocycles. The van der Waals surface area contributed by atoms with Crippen LogP contribution in [0.2, 0.25) is 0 Å². The number of nitrogens with one attached hydrogen (secondary N) is 2. The Labute approximate surface area is 275 Å². The lowest BCUT2D eigenvalue weighted by atomic mass is 9.93. The molecule has 7 heterocycles. The predicted molar refractivity (Wildman–Crippen MR) is 170 cm³/mol. The normalized spacial score (nSPS) is 22.0. The fourth-order valence-corrected chi connectivity index (χ4v) is 8.49. The van der Waals surface area contributed by atoms with Crippen molar-refractivity contribution in [1.29, 1.82) is 5.26 Å². The van der Waals surface area contributed by atoms with Crippen molar-refractivity contribution in [1.82, 2.24) is 35.0 Å². The van der Waals surface area contributed by atoms with Gasteiger partial charge in [0.25, 0.3) is 0 Å². The summed E-state index contributed by atoms with van der Waals surface area (Å²) in [7, 11) is 0. The van der Waals surface area contributed by atoms with Crippen molar-refractivity contribution in [3.8, 4) is 23.3 Å². The number of rotatable bonds is 8. The molecule has 3 fully saturated rings. The number of halogens is 3. The molecule has 3 aliphatic heterocycles. The summed E-state index contributed by atoms with van der Waals surface area (Å²) in [6.07, 6.45) is 4.23. The van der Waals surface area contributed by atoms with E-state index in [-0.39, 0.29) is 69.8 Å². The van der Waals surface area contributed by atoms with Gasteiger partial charge in [-0.1, -0.05) is 0 Å². The lowest BCUT2D eigenvalue weighted by Crippen LogP contribution is -2.43. The second-order valence-electron chi connectivity index (χ2n) is 13.0. The molecule has 5 aromatic rings. The van der Waals surface area contributed by atoms with Crippen LogP contribution in [0.1, 0.15) is 66.4 Å². The van der Waals surface area contributed by atoms with Gasteiger partial charge in [-0.25, -0.2) is 18.2 Å². The summed E-state index contributed by atoms with van der Waals surface area (Å²) in [5.41, 5.74) is 6.82. The lowest BCUT2D eigenvalue weighted by molar-refractivity contribution is 0.107. The van der Waals surface area contributed by atoms with Gasteiger partial charge in [0.15, 0.2) is 17.5 Å². The summed E-state index contributed by atoms with van der Waals surface area (Å²) in [6.45, 7) is 1.68. The molecule has 246 valence electrons. The molecular weight excluding hydrogens is 645 g/mol. The number of hydrogen-bond donors (Lipinski definition) is 3. The van der Waals surface area contributed by atoms with Crippen molar-refractivity contribution in [3.63, 3.8) is 0 Å². The maximum Gasteiger partial charge on any atom is 0.319 e. The molecule has 16 heteroatoms. The number of aromatic amines is 1. The van der Waals surface area contributed by atoms with Gasteiger partial charge in [0.1, 0.15) is 41.0 Å². The number of anilines is 2. The number of pyridine rings is 1. The first-order valence-electron chi connectivity index (χ1n) is 15.9. The first kappa shape index (κ1) is 29.5. The van der Waals surface area contributed by atoms with Crippen molar-refractivity contribution in [2.45, 2.75) is 69.5 Å². The van der Waals surface area contributed by atoms with Crippen LogP contribution in [0.15, 0.2) is 6.20 Å². The van der Waals surface area contributed by atoms with Gasteiger partial charge in [-0.15, -0.1) is 11.3 Å². The number of alkyl halides is 1. The van der Waals surface area contributed by atoms with E-state index in [0.717, 1.165) is 55.6 Å². The largest absolute Gasteiger partial charge is 0.461 e. The topological polar surface area (TPSA) is 164 Å². The SMILES string of the molecule is N#Cc1c(N)sc2c(F)cnc(-c3c4c(c5c(NCc6nc(C7CC7)n[nH]6)nc(OC[C@@]67CCCN6C[C@H](F)C7)nc5c3F)COC4)c12. The number of H-pyrrole nitrogens is 1. The number of thiophene rings is 1. The van der Waals surface area contributed by atoms with Gasteiger partial charge >= 0.3 is 6.01 Å². The van der Waals surface area contributed by atoms with E-state index in [4.69, 9.17) is 20.2 Å². The summed E-state index contributed by atoms with van der Waals surface area (Å²) in [5, 5.41) is 21.1. The third kappa shape index (κ3) is 4.59. The molecule has 1 aliphatic carbocycles. The Morgan fingerprint density at radius 1 is 1.21 bits per heavy atom. The Bertz CT molecular complexity index is 2180. The van der Waals surface area contributed by atoms with Gasteiger partial charge < -0.3 is 20.5 Å². The molecule has 0 radical (unpaired) electrons. The van der Waals surface area contributed by atoms with Crippen LogP contribution >= 0.6 is 11.3 Å². The highest BCUT2D eigenvalue weighted by molar-refractivity contribution is 7.23. The number of fused-ring (bicyclic) bond motifs is 5. The molecule has 0 spiro atoms. The van der Waals surface area contributed by atoms with Crippen LogP contribution in [-0.2, 0) is 24.5 Å². The van der Waals surface area contributed by atoms with Gasteiger partial charge in [0.05, 0.1) is 52.8 Å². The number of nitrogens with zero attached hydrogens (tertiary/aromatic N) is 7. The van der Waals surface area contributed by atoms with Gasteiger partial charge in [-0.3, -0.25) is 15.0 Å². The molecular formula is C32H29F3N10O2S. The lowest BCUT2D eigenvalue weighted by Gasteiger charge is -2.30. The van der Waals surface area contributed by atoms with Gasteiger partial charge in [-0.05, 0) is 43.4 Å². The zero-order valence-corrected chi connectivity index (χ0v) is 26.4. The van der Waals surface area contributed by atoms with E-state index in [9.17, 15) is 14.0 Å². The van der Waals surface area contributed by atoms with Crippen LogP contribution in [-0.4, -0.2) is 66.4 Å². The van der Waals surface area contributed by atoms with Crippen LogP contribution in [0, 0.1) is 23.0 Å². The van der Waals surface area contributed by atoms with Crippen LogP contribution in [0.5, 0.6) is 6.01 Å². The minimum Gasteiger partial charge on any atom is -0.461 e. The molecule has 9 rings (SSSR count). The minimum absolute atomic E-state index is 0.0268. The minimum atomic E-state index is -0.946. The number of nitrogen functional groups attached to an aromatic ring is 1. The zero-order valence-electron chi connectivity index (χ0n) is 25.6. The number of nitriles is 1. The van der Waals surface area contributed by atoms with E-state index in [1.54, 1.807) is 0 Å². The molecule has 1 saturated carbocycles. The molecule has 0 bridgehead atoms. The monoisotopic (exact) mass is 674 g/mol. The van der Waals surface area contributed by atoms with E-state index in [0.29, 0.717) is 47.0 Å². The highest BCUT2D eigenvalue weighted by Crippen LogP contribution is 2.47. The predicted octanol–water partition coefficient (Wildman–Crippen LogP) is 5.23. The molecule has 4 N–H and O–H groups in total. The number of aromatic nitrogens is 6. The Morgan fingerprint density at radius 2 is 2.06 bits per heavy atom. The van der Waals surface area contributed by atoms with E-state index in [2.05, 4.69) is 35.4 Å². The summed E-state index contributed by atoms with van der Waals surface area (Å²) < 4.78 is 58.8. The standard InChI is InChI=1S/C32H29F3N10O2S/c33-15-6-32(4-1-5-45(32)10-15)13-47-31-41-26-23(30(42-31)39-9-20-40-29(44-43-20)14-2-3-14)18-12-46-11-17(18)21(24(26)35)25-22-16(7-36)28(37)48-27(22)19(34)8-38-25/h8,14-15H,1-6,9-13,37H2,(H,39,41,42)(H,40,43,44)/t15-,32+/m1/s1. The molecule has 48 heavy (non-hydrogen) atoms. The van der Waals surface area contributed by atoms with E-state index < -0.39 is 23.3 Å². The first-order chi connectivity index (χ1) is 23.3. The third-order valence-corrected chi connectivity index (χ3v) is 11.0. The maximum atomic E-state index is 17.1. The average molecular weight is 675 g/mol. The average Bonchev–Trinajstić information content (AvgIpc) is 3.45. The van der Waals surface area contributed by atoms with Crippen LogP contribution in [0.3, 0.4) is 0 Å². The maximum absolute atomic E-state index is 17.1. The molecule has 2 saturated heterocycles. The molecule has 12 nitrogen and oxygen atoms in total. The molecule has 4 aliphatic rings. The smallest absolute Gasteiger partial charge is 0.319 e. The number of ether oxygens (including phenoxy) is 2. The van der Waals surface area contributed by atoms with E-state index >= 15 is 4.39 Å². The van der Waals surface area contributed by atoms with E-state index in [1.807, 2.05) is 6.07 Å². The Hall–Kier alpha value is -4.59. The number of nitrogens with two attached hydrogens (primary N) is 1. The highest BCUT2D eigenvalue weighted by atomic mass is 32.1. The van der Waals surface area contributed by atoms with Crippen LogP contribution in [0.25, 0.3) is 32.2 Å². The second-order valence-corrected chi connectivity index (χ2v) is 14.0. The Balaban J connectivity index is 1.20. The molecule has 1 aromatic carbocycles. The van der Waals surface area contributed by atoms with Crippen molar-refractivity contribution < 1.29 is 22.6 Å². The molecule has 2 atom stereocenters. The van der Waals surface area contributed by atoms with Crippen molar-refractivity contribution >= 4 is 43.1 Å². The summed E-state index contributed by atoms with van der Waals surface area (Å²) in [5.74, 6) is 0.611. The molecule has 0 unspecified atom stereocenters. The van der Waals surface area contributed by atoms with Gasteiger partial charge in [0, 0.05) is 29.8 Å². The summed E-state index contributed by atoms with van der Waals surface area (Å²) in [6, 6.07) is 1.95. The quantitative estimate of drug-likeness (QED) is 0.197. The number of hydrogen-bond acceptors (Lipinski definition) is 12. The van der Waals surface area contributed by atoms with Gasteiger partial charge in [0.2, 0.25) is 0 Å². The second kappa shape index (κ2) is 11.0. The number of benzene rings is 1.